The Bertz CT molecular complexity index is 159. The molecule has 2 nitrogen and oxygen atoms in total. The minimum Gasteiger partial charge on any atom is -0.393 e. The van der Waals surface area contributed by atoms with Gasteiger partial charge in [0.15, 0.2) is 0 Å². The molecule has 0 bridgehead atoms. The summed E-state index contributed by atoms with van der Waals surface area (Å²) < 4.78 is 39.4. The fraction of sp³-hybridized carbons (Fsp3) is 1.00. The summed E-state index contributed by atoms with van der Waals surface area (Å²) in [6.07, 6.45) is -2.70. The quantitative estimate of drug-likeness (QED) is 0.679. The maximum Gasteiger partial charge on any atom is 0.411 e. The Labute approximate surface area is 88.4 Å². The first-order valence-electron chi connectivity index (χ1n) is 5.19. The molecular formula is C10H19F3O2. The van der Waals surface area contributed by atoms with E-state index in [4.69, 9.17) is 0 Å². The first-order chi connectivity index (χ1) is 6.87. The third-order valence-corrected chi connectivity index (χ3v) is 2.29. The van der Waals surface area contributed by atoms with Gasteiger partial charge in [0.1, 0.15) is 6.61 Å². The van der Waals surface area contributed by atoms with Crippen LogP contribution in [0.5, 0.6) is 0 Å². The predicted octanol–water partition coefficient (Wildman–Crippen LogP) is 2.75. The molecule has 92 valence electrons. The number of hydrogen-bond donors (Lipinski definition) is 1. The topological polar surface area (TPSA) is 29.5 Å². The second-order valence-electron chi connectivity index (χ2n) is 3.76. The van der Waals surface area contributed by atoms with Crippen LogP contribution < -0.4 is 0 Å². The van der Waals surface area contributed by atoms with Gasteiger partial charge in [-0.25, -0.2) is 0 Å². The van der Waals surface area contributed by atoms with Gasteiger partial charge >= 0.3 is 6.18 Å². The van der Waals surface area contributed by atoms with Crippen LogP contribution in [0.1, 0.15) is 33.1 Å². The third kappa shape index (κ3) is 8.69. The molecule has 0 aromatic carbocycles. The number of aliphatic hydroxyl groups is 1. The summed E-state index contributed by atoms with van der Waals surface area (Å²) in [4.78, 5) is 0. The smallest absolute Gasteiger partial charge is 0.393 e. The molecule has 0 rings (SSSR count). The van der Waals surface area contributed by atoms with Crippen molar-refractivity contribution in [2.75, 3.05) is 13.2 Å². The minimum atomic E-state index is -4.24. The lowest BCUT2D eigenvalue weighted by Gasteiger charge is -2.16. The first kappa shape index (κ1) is 14.7. The highest BCUT2D eigenvalue weighted by Crippen LogP contribution is 2.16. The van der Waals surface area contributed by atoms with E-state index in [0.29, 0.717) is 19.3 Å². The molecule has 0 aromatic heterocycles. The lowest BCUT2D eigenvalue weighted by atomic mass is 9.97. The second kappa shape index (κ2) is 7.06. The van der Waals surface area contributed by atoms with Crippen LogP contribution in [0, 0.1) is 5.92 Å². The Morgan fingerprint density at radius 1 is 1.33 bits per heavy atom. The fourth-order valence-corrected chi connectivity index (χ4v) is 1.29. The van der Waals surface area contributed by atoms with E-state index >= 15 is 0 Å². The molecule has 15 heavy (non-hydrogen) atoms. The van der Waals surface area contributed by atoms with Gasteiger partial charge in [-0.3, -0.25) is 0 Å². The molecule has 2 unspecified atom stereocenters. The van der Waals surface area contributed by atoms with E-state index in [9.17, 15) is 18.3 Å². The highest BCUT2D eigenvalue weighted by Gasteiger charge is 2.27. The summed E-state index contributed by atoms with van der Waals surface area (Å²) in [7, 11) is 0. The molecule has 0 saturated carbocycles. The van der Waals surface area contributed by atoms with Crippen LogP contribution in [0.15, 0.2) is 0 Å². The van der Waals surface area contributed by atoms with Gasteiger partial charge in [0.2, 0.25) is 0 Å². The molecular weight excluding hydrogens is 209 g/mol. The van der Waals surface area contributed by atoms with Gasteiger partial charge in [-0.15, -0.1) is 0 Å². The van der Waals surface area contributed by atoms with Gasteiger partial charge in [0, 0.05) is 6.61 Å². The van der Waals surface area contributed by atoms with Gasteiger partial charge in [0.25, 0.3) is 0 Å². The number of aliphatic hydroxyl groups excluding tert-OH is 1. The predicted molar refractivity (Wildman–Crippen MR) is 51.6 cm³/mol. The summed E-state index contributed by atoms with van der Waals surface area (Å²) in [6.45, 7) is 2.68. The average molecular weight is 228 g/mol. The van der Waals surface area contributed by atoms with E-state index in [1.165, 1.54) is 0 Å². The molecule has 2 atom stereocenters. The molecule has 0 fully saturated rings. The molecule has 1 N–H and O–H groups in total. The number of halogens is 3. The Kier molecular flexibility index (Phi) is 6.92. The molecule has 0 aliphatic rings. The van der Waals surface area contributed by atoms with Gasteiger partial charge in [0.05, 0.1) is 6.10 Å². The average Bonchev–Trinajstić information content (AvgIpc) is 2.14. The third-order valence-electron chi connectivity index (χ3n) is 2.29. The SMILES string of the molecule is CCC(O)C(C)CCCOCC(F)(F)F. The Morgan fingerprint density at radius 2 is 1.93 bits per heavy atom. The van der Waals surface area contributed by atoms with Crippen molar-refractivity contribution in [2.24, 2.45) is 5.92 Å². The van der Waals surface area contributed by atoms with E-state index in [0.717, 1.165) is 0 Å². The van der Waals surface area contributed by atoms with Crippen molar-refractivity contribution in [1.82, 2.24) is 0 Å². The summed E-state index contributed by atoms with van der Waals surface area (Å²) in [6, 6.07) is 0. The normalized spacial score (nSPS) is 16.4. The van der Waals surface area contributed by atoms with Crippen molar-refractivity contribution < 1.29 is 23.0 Å². The fourth-order valence-electron chi connectivity index (χ4n) is 1.29. The Balaban J connectivity index is 3.39. The van der Waals surface area contributed by atoms with E-state index in [2.05, 4.69) is 4.74 Å². The Hall–Kier alpha value is -0.290. The van der Waals surface area contributed by atoms with Crippen molar-refractivity contribution in [3.05, 3.63) is 0 Å². The highest BCUT2D eigenvalue weighted by atomic mass is 19.4. The van der Waals surface area contributed by atoms with Crippen molar-refractivity contribution in [2.45, 2.75) is 45.4 Å². The van der Waals surface area contributed by atoms with Gasteiger partial charge in [-0.1, -0.05) is 13.8 Å². The maximum absolute atomic E-state index is 11.7. The molecule has 0 spiro atoms. The van der Waals surface area contributed by atoms with Crippen LogP contribution in [-0.2, 0) is 4.74 Å². The van der Waals surface area contributed by atoms with E-state index < -0.39 is 12.8 Å². The summed E-state index contributed by atoms with van der Waals surface area (Å²) in [5.41, 5.74) is 0. The zero-order valence-electron chi connectivity index (χ0n) is 9.18. The van der Waals surface area contributed by atoms with Crippen molar-refractivity contribution in [1.29, 1.82) is 0 Å². The van der Waals surface area contributed by atoms with E-state index in [1.54, 1.807) is 0 Å². The number of rotatable bonds is 7. The number of hydrogen-bond acceptors (Lipinski definition) is 2. The van der Waals surface area contributed by atoms with Crippen LogP contribution >= 0.6 is 0 Å². The van der Waals surface area contributed by atoms with Gasteiger partial charge in [-0.2, -0.15) is 13.2 Å². The lowest BCUT2D eigenvalue weighted by Crippen LogP contribution is -2.19. The van der Waals surface area contributed by atoms with Gasteiger partial charge < -0.3 is 9.84 Å². The van der Waals surface area contributed by atoms with Gasteiger partial charge in [-0.05, 0) is 25.2 Å². The number of alkyl halides is 3. The van der Waals surface area contributed by atoms with Crippen molar-refractivity contribution in [3.63, 3.8) is 0 Å². The second-order valence-corrected chi connectivity index (χ2v) is 3.76. The molecule has 5 heteroatoms. The zero-order valence-corrected chi connectivity index (χ0v) is 9.18. The number of ether oxygens (including phenoxy) is 1. The van der Waals surface area contributed by atoms with Crippen LogP contribution in [0.4, 0.5) is 13.2 Å². The highest BCUT2D eigenvalue weighted by molar-refractivity contribution is 4.62. The first-order valence-corrected chi connectivity index (χ1v) is 5.19. The van der Waals surface area contributed by atoms with Crippen molar-refractivity contribution in [3.8, 4) is 0 Å². The monoisotopic (exact) mass is 228 g/mol. The van der Waals surface area contributed by atoms with Crippen LogP contribution in [0.2, 0.25) is 0 Å². The largest absolute Gasteiger partial charge is 0.411 e. The molecule has 0 heterocycles. The van der Waals surface area contributed by atoms with Crippen LogP contribution in [-0.4, -0.2) is 30.6 Å². The Morgan fingerprint density at radius 3 is 2.40 bits per heavy atom. The molecule has 0 aliphatic heterocycles. The minimum absolute atomic E-state index is 0.0975. The summed E-state index contributed by atoms with van der Waals surface area (Å²) in [5, 5.41) is 9.39. The lowest BCUT2D eigenvalue weighted by molar-refractivity contribution is -0.174. The molecule has 0 aliphatic carbocycles. The summed E-state index contributed by atoms with van der Waals surface area (Å²) >= 11 is 0. The van der Waals surface area contributed by atoms with E-state index in [-0.39, 0.29) is 18.6 Å². The van der Waals surface area contributed by atoms with E-state index in [1.807, 2.05) is 13.8 Å². The standard InChI is InChI=1S/C10H19F3O2/c1-3-9(14)8(2)5-4-6-15-7-10(11,12)13/h8-9,14H,3-7H2,1-2H3. The zero-order chi connectivity index (χ0) is 11.9. The molecule has 0 saturated heterocycles. The van der Waals surface area contributed by atoms with Crippen LogP contribution in [0.3, 0.4) is 0 Å². The molecule has 0 amide bonds. The van der Waals surface area contributed by atoms with Crippen molar-refractivity contribution >= 4 is 0 Å². The molecule has 0 radical (unpaired) electrons. The maximum atomic E-state index is 11.7. The molecule has 0 aromatic rings. The van der Waals surface area contributed by atoms with Crippen LogP contribution in [0.25, 0.3) is 0 Å². The summed E-state index contributed by atoms with van der Waals surface area (Å²) in [5.74, 6) is 0.115.